The molecule has 0 unspecified atom stereocenters. The summed E-state index contributed by atoms with van der Waals surface area (Å²) >= 11 is 0. The van der Waals surface area contributed by atoms with Crippen LogP contribution in [0.15, 0.2) is 29.2 Å². The fraction of sp³-hybridized carbons (Fsp3) is 0.462. The minimum Gasteiger partial charge on any atom is -0.480 e. The van der Waals surface area contributed by atoms with E-state index in [1.54, 1.807) is 0 Å². The van der Waals surface area contributed by atoms with Crippen molar-refractivity contribution in [1.29, 1.82) is 0 Å². The molecule has 0 aromatic heterocycles. The molecule has 8 nitrogen and oxygen atoms in total. The van der Waals surface area contributed by atoms with Crippen LogP contribution in [-0.4, -0.2) is 51.6 Å². The normalized spacial score (nSPS) is 12.3. The van der Waals surface area contributed by atoms with Crippen molar-refractivity contribution < 1.29 is 26.7 Å². The van der Waals surface area contributed by atoms with Crippen LogP contribution in [-0.2, 0) is 24.8 Å². The second kappa shape index (κ2) is 7.75. The first kappa shape index (κ1) is 19.4. The Bertz CT molecular complexity index is 741. The van der Waals surface area contributed by atoms with Crippen molar-refractivity contribution in [2.75, 3.05) is 24.1 Å². The number of carboxylic acids is 1. The molecule has 23 heavy (non-hydrogen) atoms. The van der Waals surface area contributed by atoms with E-state index < -0.39 is 32.6 Å². The van der Waals surface area contributed by atoms with Crippen LogP contribution in [0.3, 0.4) is 0 Å². The minimum atomic E-state index is -3.93. The monoisotopic (exact) mass is 364 g/mol. The topological polar surface area (TPSA) is 121 Å². The first-order valence-corrected chi connectivity index (χ1v) is 9.96. The molecule has 0 saturated carbocycles. The fourth-order valence-corrected chi connectivity index (χ4v) is 4.10. The number of carboxylic acid groups (broad SMARTS) is 1. The van der Waals surface area contributed by atoms with E-state index in [0.29, 0.717) is 10.7 Å². The van der Waals surface area contributed by atoms with E-state index >= 15 is 0 Å². The summed E-state index contributed by atoms with van der Waals surface area (Å²) in [4.78, 5) is 10.5. The van der Waals surface area contributed by atoms with Crippen LogP contribution in [0.1, 0.15) is 19.8 Å². The number of benzene rings is 1. The Kier molecular flexibility index (Phi) is 6.54. The van der Waals surface area contributed by atoms with Gasteiger partial charge in [0.15, 0.2) is 0 Å². The molecule has 0 saturated heterocycles. The van der Waals surface area contributed by atoms with Gasteiger partial charge in [-0.3, -0.25) is 9.52 Å². The zero-order valence-corrected chi connectivity index (χ0v) is 14.5. The molecule has 0 aliphatic carbocycles. The largest absolute Gasteiger partial charge is 0.480 e. The average molecular weight is 364 g/mol. The van der Waals surface area contributed by atoms with E-state index in [1.165, 1.54) is 24.3 Å². The number of nitrogens with zero attached hydrogens (tertiary/aromatic N) is 1. The van der Waals surface area contributed by atoms with Gasteiger partial charge < -0.3 is 5.11 Å². The molecule has 1 aromatic carbocycles. The van der Waals surface area contributed by atoms with E-state index in [4.69, 9.17) is 5.11 Å². The summed E-state index contributed by atoms with van der Waals surface area (Å²) in [5.41, 5.74) is 0.251. The summed E-state index contributed by atoms with van der Waals surface area (Å²) in [5, 5.41) is 8.65. The quantitative estimate of drug-likeness (QED) is 0.672. The smallest absolute Gasteiger partial charge is 0.318 e. The Morgan fingerprint density at radius 3 is 2.22 bits per heavy atom. The maximum Gasteiger partial charge on any atom is 0.318 e. The third-order valence-electron chi connectivity index (χ3n) is 2.96. The maximum absolute atomic E-state index is 12.1. The summed E-state index contributed by atoms with van der Waals surface area (Å²) in [6.45, 7) is 1.22. The average Bonchev–Trinajstić information content (AvgIpc) is 2.44. The van der Waals surface area contributed by atoms with Crippen molar-refractivity contribution in [2.24, 2.45) is 0 Å². The number of carbonyl (C=O) groups is 1. The molecule has 0 atom stereocenters. The summed E-state index contributed by atoms with van der Waals surface area (Å²) in [6, 6.07) is 5.10. The molecule has 0 spiro atoms. The van der Waals surface area contributed by atoms with Crippen LogP contribution < -0.4 is 4.72 Å². The SMILES string of the molecule is CCCCS(=O)(=O)Nc1ccc(S(=O)(=O)N(C)CC(=O)O)cc1. The first-order chi connectivity index (χ1) is 10.6. The van der Waals surface area contributed by atoms with Crippen LogP contribution in [0, 0.1) is 0 Å². The van der Waals surface area contributed by atoms with Gasteiger partial charge in [0, 0.05) is 12.7 Å². The number of hydrogen-bond acceptors (Lipinski definition) is 5. The highest BCUT2D eigenvalue weighted by Crippen LogP contribution is 2.18. The Morgan fingerprint density at radius 1 is 1.17 bits per heavy atom. The van der Waals surface area contributed by atoms with Gasteiger partial charge >= 0.3 is 5.97 Å². The Morgan fingerprint density at radius 2 is 1.74 bits per heavy atom. The Balaban J connectivity index is 2.90. The molecule has 0 radical (unpaired) electrons. The lowest BCUT2D eigenvalue weighted by Gasteiger charge is -2.15. The molecule has 0 aliphatic rings. The molecule has 130 valence electrons. The van der Waals surface area contributed by atoms with Crippen LogP contribution in [0.2, 0.25) is 0 Å². The standard InChI is InChI=1S/C13H20N2O6S2/c1-3-4-9-22(18,19)14-11-5-7-12(8-6-11)23(20,21)15(2)10-13(16)17/h5-8,14H,3-4,9-10H2,1-2H3,(H,16,17). The second-order valence-corrected chi connectivity index (χ2v) is 8.84. The molecule has 0 heterocycles. The molecule has 10 heteroatoms. The summed E-state index contributed by atoms with van der Waals surface area (Å²) in [6.07, 6.45) is 1.27. The lowest BCUT2D eigenvalue weighted by atomic mass is 10.3. The summed E-state index contributed by atoms with van der Waals surface area (Å²) < 4.78 is 50.9. The van der Waals surface area contributed by atoms with Crippen molar-refractivity contribution >= 4 is 31.7 Å². The van der Waals surface area contributed by atoms with Gasteiger partial charge in [0.1, 0.15) is 6.54 Å². The molecular formula is C13H20N2O6S2. The number of unbranched alkanes of at least 4 members (excludes halogenated alkanes) is 1. The predicted molar refractivity (Wildman–Crippen MR) is 86.2 cm³/mol. The number of aliphatic carboxylic acids is 1. The molecule has 2 N–H and O–H groups in total. The van der Waals surface area contributed by atoms with Gasteiger partial charge in [0.05, 0.1) is 10.6 Å². The van der Waals surface area contributed by atoms with Crippen molar-refractivity contribution in [3.05, 3.63) is 24.3 Å². The van der Waals surface area contributed by atoms with Crippen LogP contribution in [0.25, 0.3) is 0 Å². The van der Waals surface area contributed by atoms with E-state index in [0.717, 1.165) is 13.5 Å². The third kappa shape index (κ3) is 5.81. The highest BCUT2D eigenvalue weighted by Gasteiger charge is 2.22. The van der Waals surface area contributed by atoms with Crippen LogP contribution in [0.5, 0.6) is 0 Å². The van der Waals surface area contributed by atoms with Gasteiger partial charge in [-0.2, -0.15) is 4.31 Å². The molecule has 1 rings (SSSR count). The van der Waals surface area contributed by atoms with Gasteiger partial charge in [-0.05, 0) is 30.7 Å². The minimum absolute atomic E-state index is 0.00903. The molecular weight excluding hydrogens is 344 g/mol. The van der Waals surface area contributed by atoms with E-state index in [9.17, 15) is 21.6 Å². The van der Waals surface area contributed by atoms with Crippen molar-refractivity contribution in [3.63, 3.8) is 0 Å². The molecule has 0 amide bonds. The van der Waals surface area contributed by atoms with Crippen molar-refractivity contribution in [2.45, 2.75) is 24.7 Å². The molecule has 0 bridgehead atoms. The number of sulfonamides is 2. The maximum atomic E-state index is 12.1. The van der Waals surface area contributed by atoms with E-state index in [1.807, 2.05) is 6.92 Å². The lowest BCUT2D eigenvalue weighted by Crippen LogP contribution is -2.32. The van der Waals surface area contributed by atoms with E-state index in [-0.39, 0.29) is 16.3 Å². The number of nitrogens with one attached hydrogen (secondary N) is 1. The Labute approximate surface area is 136 Å². The predicted octanol–water partition coefficient (Wildman–Crippen LogP) is 0.933. The fourth-order valence-electron chi connectivity index (χ4n) is 1.72. The number of anilines is 1. The van der Waals surface area contributed by atoms with Gasteiger partial charge in [-0.25, -0.2) is 16.8 Å². The zero-order valence-electron chi connectivity index (χ0n) is 12.9. The van der Waals surface area contributed by atoms with Crippen molar-refractivity contribution in [3.8, 4) is 0 Å². The van der Waals surface area contributed by atoms with E-state index in [2.05, 4.69) is 4.72 Å². The first-order valence-electron chi connectivity index (χ1n) is 6.87. The van der Waals surface area contributed by atoms with Gasteiger partial charge in [-0.15, -0.1) is 0 Å². The van der Waals surface area contributed by atoms with Gasteiger partial charge in [0.2, 0.25) is 20.0 Å². The molecule has 0 fully saturated rings. The number of likely N-dealkylation sites (N-methyl/N-ethyl adjacent to an activating group) is 1. The van der Waals surface area contributed by atoms with Gasteiger partial charge in [0.25, 0.3) is 0 Å². The van der Waals surface area contributed by atoms with Crippen LogP contribution >= 0.6 is 0 Å². The zero-order chi connectivity index (χ0) is 17.7. The highest BCUT2D eigenvalue weighted by atomic mass is 32.2. The van der Waals surface area contributed by atoms with Crippen molar-refractivity contribution in [1.82, 2.24) is 4.31 Å². The number of hydrogen-bond donors (Lipinski definition) is 2. The lowest BCUT2D eigenvalue weighted by molar-refractivity contribution is -0.137. The molecule has 1 aromatic rings. The van der Waals surface area contributed by atoms with Gasteiger partial charge in [-0.1, -0.05) is 13.3 Å². The third-order valence-corrected chi connectivity index (χ3v) is 6.15. The molecule has 0 aliphatic heterocycles. The summed E-state index contributed by atoms with van der Waals surface area (Å²) in [7, 11) is -6.24. The Hall–Kier alpha value is -1.65. The highest BCUT2D eigenvalue weighted by molar-refractivity contribution is 7.92. The summed E-state index contributed by atoms with van der Waals surface area (Å²) in [5.74, 6) is -1.28. The van der Waals surface area contributed by atoms with Crippen LogP contribution in [0.4, 0.5) is 5.69 Å². The second-order valence-electron chi connectivity index (χ2n) is 4.95. The number of rotatable bonds is 9.